The van der Waals surface area contributed by atoms with Gasteiger partial charge in [0, 0.05) is 25.7 Å². The van der Waals surface area contributed by atoms with Gasteiger partial charge in [-0.15, -0.1) is 0 Å². The molecule has 0 aliphatic heterocycles. The molecule has 8 heteroatoms. The normalized spacial score (nSPS) is 12.4. The van der Waals surface area contributed by atoms with E-state index in [2.05, 4.69) is 10.0 Å². The third kappa shape index (κ3) is 5.48. The number of anilines is 1. The molecule has 0 spiro atoms. The molecular weight excluding hydrogens is 281 g/mol. The molecule has 0 aliphatic carbocycles. The second-order valence-corrected chi connectivity index (χ2v) is 5.66. The molecule has 0 saturated heterocycles. The number of nitrogens with one attached hydrogen (secondary N) is 2. The molecule has 1 aromatic carbocycles. The van der Waals surface area contributed by atoms with E-state index in [-0.39, 0.29) is 17.9 Å². The minimum Gasteiger partial charge on any atom is -0.388 e. The van der Waals surface area contributed by atoms with E-state index in [0.717, 1.165) is 5.69 Å². The number of halogens is 3. The lowest BCUT2D eigenvalue weighted by Gasteiger charge is -2.09. The molecular formula is C11H15F3N2O2S. The zero-order chi connectivity index (χ0) is 14.5. The zero-order valence-corrected chi connectivity index (χ0v) is 11.1. The lowest BCUT2D eigenvalue weighted by atomic mass is 10.3. The summed E-state index contributed by atoms with van der Waals surface area (Å²) in [6, 6.07) is 5.92. The Kier molecular flexibility index (Phi) is 5.19. The maximum absolute atomic E-state index is 11.9. The first kappa shape index (κ1) is 15.8. The third-order valence-corrected chi connectivity index (χ3v) is 3.86. The van der Waals surface area contributed by atoms with Crippen LogP contribution in [0.2, 0.25) is 0 Å². The Morgan fingerprint density at radius 2 is 1.74 bits per heavy atom. The summed E-state index contributed by atoms with van der Waals surface area (Å²) in [5, 5.41) is 2.83. The van der Waals surface area contributed by atoms with Crippen molar-refractivity contribution in [3.8, 4) is 0 Å². The highest BCUT2D eigenvalue weighted by atomic mass is 32.2. The van der Waals surface area contributed by atoms with Crippen LogP contribution < -0.4 is 10.0 Å². The molecule has 4 nitrogen and oxygen atoms in total. The quantitative estimate of drug-likeness (QED) is 0.792. The highest BCUT2D eigenvalue weighted by Gasteiger charge is 2.26. The van der Waals surface area contributed by atoms with Gasteiger partial charge >= 0.3 is 6.18 Å². The van der Waals surface area contributed by atoms with Crippen LogP contribution in [-0.4, -0.2) is 28.2 Å². The average molecular weight is 296 g/mol. The standard InChI is InChI=1S/C11H15F3N2O2S/c1-15-9-3-5-10(6-4-9)19(17,18)16-8-2-7-11(12,13)14/h3-6,15-16H,2,7-8H2,1H3. The second kappa shape index (κ2) is 6.25. The van der Waals surface area contributed by atoms with Crippen molar-refractivity contribution in [2.24, 2.45) is 0 Å². The van der Waals surface area contributed by atoms with E-state index in [9.17, 15) is 21.6 Å². The van der Waals surface area contributed by atoms with Crippen molar-refractivity contribution < 1.29 is 21.6 Å². The lowest BCUT2D eigenvalue weighted by Crippen LogP contribution is -2.25. The largest absolute Gasteiger partial charge is 0.389 e. The average Bonchev–Trinajstić information content (AvgIpc) is 2.34. The molecule has 0 unspecified atom stereocenters. The summed E-state index contributed by atoms with van der Waals surface area (Å²) in [5.41, 5.74) is 0.746. The smallest absolute Gasteiger partial charge is 0.388 e. The van der Waals surface area contributed by atoms with Crippen molar-refractivity contribution in [2.45, 2.75) is 23.9 Å². The monoisotopic (exact) mass is 296 g/mol. The number of hydrogen-bond acceptors (Lipinski definition) is 3. The van der Waals surface area contributed by atoms with Crippen LogP contribution >= 0.6 is 0 Å². The van der Waals surface area contributed by atoms with Gasteiger partial charge in [0.2, 0.25) is 10.0 Å². The molecule has 0 heterocycles. The van der Waals surface area contributed by atoms with E-state index in [4.69, 9.17) is 0 Å². The molecule has 19 heavy (non-hydrogen) atoms. The molecule has 1 aromatic rings. The van der Waals surface area contributed by atoms with Crippen molar-refractivity contribution in [3.05, 3.63) is 24.3 Å². The molecule has 108 valence electrons. The maximum atomic E-state index is 11.9. The minimum atomic E-state index is -4.26. The van der Waals surface area contributed by atoms with Gasteiger partial charge in [-0.1, -0.05) is 0 Å². The van der Waals surface area contributed by atoms with Crippen LogP contribution in [0.5, 0.6) is 0 Å². The van der Waals surface area contributed by atoms with Crippen LogP contribution in [0.1, 0.15) is 12.8 Å². The molecule has 1 rings (SSSR count). The summed E-state index contributed by atoms with van der Waals surface area (Å²) in [6.45, 7) is -0.240. The zero-order valence-electron chi connectivity index (χ0n) is 10.3. The van der Waals surface area contributed by atoms with E-state index in [1.807, 2.05) is 0 Å². The molecule has 2 N–H and O–H groups in total. The van der Waals surface area contributed by atoms with Crippen LogP contribution in [0.3, 0.4) is 0 Å². The van der Waals surface area contributed by atoms with Crippen LogP contribution in [0, 0.1) is 0 Å². The highest BCUT2D eigenvalue weighted by molar-refractivity contribution is 7.89. The summed E-state index contributed by atoms with van der Waals surface area (Å²) >= 11 is 0. The predicted molar refractivity (Wildman–Crippen MR) is 66.5 cm³/mol. The molecule has 0 bridgehead atoms. The van der Waals surface area contributed by atoms with Crippen LogP contribution in [-0.2, 0) is 10.0 Å². The summed E-state index contributed by atoms with van der Waals surface area (Å²) in [5.74, 6) is 0. The van der Waals surface area contributed by atoms with Gasteiger partial charge in [-0.3, -0.25) is 0 Å². The first-order valence-corrected chi connectivity index (χ1v) is 7.07. The molecule has 0 radical (unpaired) electrons. The minimum absolute atomic E-state index is 0.0264. The van der Waals surface area contributed by atoms with Crippen molar-refractivity contribution >= 4 is 15.7 Å². The van der Waals surface area contributed by atoms with E-state index < -0.39 is 22.6 Å². The third-order valence-electron chi connectivity index (χ3n) is 2.38. The molecule has 0 aromatic heterocycles. The number of rotatable bonds is 6. The Bertz CT molecular complexity index is 498. The van der Waals surface area contributed by atoms with Crippen LogP contribution in [0.25, 0.3) is 0 Å². The number of alkyl halides is 3. The van der Waals surface area contributed by atoms with Crippen molar-refractivity contribution in [2.75, 3.05) is 18.9 Å². The van der Waals surface area contributed by atoms with Gasteiger partial charge in [-0.2, -0.15) is 13.2 Å². The first-order valence-electron chi connectivity index (χ1n) is 5.59. The fourth-order valence-electron chi connectivity index (χ4n) is 1.38. The molecule has 0 fully saturated rings. The molecule has 0 aliphatic rings. The highest BCUT2D eigenvalue weighted by Crippen LogP contribution is 2.21. The van der Waals surface area contributed by atoms with E-state index in [1.54, 1.807) is 19.2 Å². The van der Waals surface area contributed by atoms with Crippen LogP contribution in [0.4, 0.5) is 18.9 Å². The summed E-state index contributed by atoms with van der Waals surface area (Å²) in [7, 11) is -2.05. The lowest BCUT2D eigenvalue weighted by molar-refractivity contribution is -0.135. The van der Waals surface area contributed by atoms with Crippen molar-refractivity contribution in [3.63, 3.8) is 0 Å². The summed E-state index contributed by atoms with van der Waals surface area (Å²) < 4.78 is 61.3. The maximum Gasteiger partial charge on any atom is 0.389 e. The van der Waals surface area contributed by atoms with Gasteiger partial charge in [0.1, 0.15) is 0 Å². The first-order chi connectivity index (χ1) is 8.74. The Morgan fingerprint density at radius 3 is 2.21 bits per heavy atom. The van der Waals surface area contributed by atoms with Gasteiger partial charge in [-0.05, 0) is 30.7 Å². The Labute approximate surface area is 110 Å². The van der Waals surface area contributed by atoms with Gasteiger partial charge in [0.15, 0.2) is 0 Å². The van der Waals surface area contributed by atoms with Gasteiger partial charge < -0.3 is 5.32 Å². The van der Waals surface area contributed by atoms with Crippen molar-refractivity contribution in [1.82, 2.24) is 4.72 Å². The fourth-order valence-corrected chi connectivity index (χ4v) is 2.45. The number of benzene rings is 1. The second-order valence-electron chi connectivity index (χ2n) is 3.89. The Hall–Kier alpha value is -1.28. The summed E-state index contributed by atoms with van der Waals surface area (Å²) in [6.07, 6.45) is -5.55. The Balaban J connectivity index is 2.56. The SMILES string of the molecule is CNc1ccc(S(=O)(=O)NCCCC(F)(F)F)cc1. The molecule has 0 saturated carbocycles. The Morgan fingerprint density at radius 1 is 1.16 bits per heavy atom. The van der Waals surface area contributed by atoms with Gasteiger partial charge in [0.25, 0.3) is 0 Å². The topological polar surface area (TPSA) is 58.2 Å². The van der Waals surface area contributed by atoms with Crippen molar-refractivity contribution in [1.29, 1.82) is 0 Å². The fraction of sp³-hybridized carbons (Fsp3) is 0.455. The van der Waals surface area contributed by atoms with E-state index >= 15 is 0 Å². The number of sulfonamides is 1. The molecule has 0 atom stereocenters. The van der Waals surface area contributed by atoms with Gasteiger partial charge in [0.05, 0.1) is 4.90 Å². The van der Waals surface area contributed by atoms with E-state index in [0.29, 0.717) is 0 Å². The van der Waals surface area contributed by atoms with E-state index in [1.165, 1.54) is 12.1 Å². The van der Waals surface area contributed by atoms with Gasteiger partial charge in [-0.25, -0.2) is 13.1 Å². The number of hydrogen-bond donors (Lipinski definition) is 2. The molecule has 0 amide bonds. The summed E-state index contributed by atoms with van der Waals surface area (Å²) in [4.78, 5) is 0.0264. The van der Waals surface area contributed by atoms with Crippen LogP contribution in [0.15, 0.2) is 29.2 Å². The predicted octanol–water partition coefficient (Wildman–Crippen LogP) is 2.35.